The molecule has 108 valence electrons. The van der Waals surface area contributed by atoms with Crippen molar-refractivity contribution in [1.82, 2.24) is 5.32 Å². The van der Waals surface area contributed by atoms with E-state index in [0.29, 0.717) is 0 Å². The summed E-state index contributed by atoms with van der Waals surface area (Å²) in [5, 5.41) is 16.6. The molecule has 1 heterocycles. The fourth-order valence-electron chi connectivity index (χ4n) is 3.08. The molecule has 0 unspecified atom stereocenters. The molecule has 0 aliphatic carbocycles. The van der Waals surface area contributed by atoms with Crippen molar-refractivity contribution in [1.29, 1.82) is 0 Å². The van der Waals surface area contributed by atoms with Gasteiger partial charge in [-0.2, -0.15) is 0 Å². The zero-order chi connectivity index (χ0) is 14.7. The molecule has 3 heteroatoms. The Bertz CT molecular complexity index is 610. The van der Waals surface area contributed by atoms with E-state index in [0.717, 1.165) is 12.1 Å². The fraction of sp³-hybridized carbons (Fsp3) is 0.278. The minimum atomic E-state index is 0.163. The SMILES string of the molecule is C[C@H]1C(=NO)C[C@@H](c2ccccc2)N[C@@H]1c1ccccc1. The maximum atomic E-state index is 9.35. The molecule has 0 saturated carbocycles. The highest BCUT2D eigenvalue weighted by atomic mass is 16.4. The van der Waals surface area contributed by atoms with Gasteiger partial charge in [-0.1, -0.05) is 72.7 Å². The summed E-state index contributed by atoms with van der Waals surface area (Å²) >= 11 is 0. The molecule has 0 aromatic heterocycles. The standard InChI is InChI=1S/C18H20N2O/c1-13-16(20-21)12-17(14-8-4-2-5-9-14)19-18(13)15-10-6-3-7-11-15/h2-11,13,17-19,21H,12H2,1H3/t13-,17-,18-/m0/s1. The van der Waals surface area contributed by atoms with E-state index < -0.39 is 0 Å². The summed E-state index contributed by atoms with van der Waals surface area (Å²) in [7, 11) is 0. The van der Waals surface area contributed by atoms with Crippen LogP contribution in [-0.2, 0) is 0 Å². The van der Waals surface area contributed by atoms with E-state index in [-0.39, 0.29) is 18.0 Å². The first-order chi connectivity index (χ1) is 10.3. The molecule has 0 bridgehead atoms. The van der Waals surface area contributed by atoms with Crippen molar-refractivity contribution >= 4 is 5.71 Å². The van der Waals surface area contributed by atoms with E-state index in [1.807, 2.05) is 36.4 Å². The Morgan fingerprint density at radius 1 is 0.952 bits per heavy atom. The van der Waals surface area contributed by atoms with Crippen LogP contribution in [-0.4, -0.2) is 10.9 Å². The Morgan fingerprint density at radius 3 is 2.10 bits per heavy atom. The molecule has 3 rings (SSSR count). The molecule has 1 fully saturated rings. The van der Waals surface area contributed by atoms with Crippen molar-refractivity contribution in [3.05, 3.63) is 71.8 Å². The normalized spacial score (nSPS) is 27.7. The molecule has 21 heavy (non-hydrogen) atoms. The third kappa shape index (κ3) is 2.83. The monoisotopic (exact) mass is 280 g/mol. The zero-order valence-corrected chi connectivity index (χ0v) is 12.1. The number of hydrogen-bond acceptors (Lipinski definition) is 3. The number of hydrogen-bond donors (Lipinski definition) is 2. The van der Waals surface area contributed by atoms with Gasteiger partial charge >= 0.3 is 0 Å². The molecule has 1 aliphatic heterocycles. The smallest absolute Gasteiger partial charge is 0.0636 e. The molecule has 3 atom stereocenters. The van der Waals surface area contributed by atoms with Gasteiger partial charge < -0.3 is 10.5 Å². The predicted molar refractivity (Wildman–Crippen MR) is 84.5 cm³/mol. The largest absolute Gasteiger partial charge is 0.411 e. The van der Waals surface area contributed by atoms with Gasteiger partial charge in [0.1, 0.15) is 0 Å². The minimum Gasteiger partial charge on any atom is -0.411 e. The molecular formula is C18H20N2O. The lowest BCUT2D eigenvalue weighted by Gasteiger charge is -2.37. The molecule has 1 aliphatic rings. The van der Waals surface area contributed by atoms with Crippen LogP contribution < -0.4 is 5.32 Å². The van der Waals surface area contributed by atoms with Gasteiger partial charge in [0.25, 0.3) is 0 Å². The lowest BCUT2D eigenvalue weighted by atomic mass is 9.81. The van der Waals surface area contributed by atoms with Crippen LogP contribution in [0, 0.1) is 5.92 Å². The van der Waals surface area contributed by atoms with Crippen LogP contribution in [0.4, 0.5) is 0 Å². The third-order valence-corrected chi connectivity index (χ3v) is 4.31. The van der Waals surface area contributed by atoms with E-state index >= 15 is 0 Å². The van der Waals surface area contributed by atoms with Crippen LogP contribution in [0.25, 0.3) is 0 Å². The fourth-order valence-corrected chi connectivity index (χ4v) is 3.08. The molecule has 0 radical (unpaired) electrons. The van der Waals surface area contributed by atoms with Gasteiger partial charge in [-0.3, -0.25) is 0 Å². The van der Waals surface area contributed by atoms with E-state index in [4.69, 9.17) is 0 Å². The van der Waals surface area contributed by atoms with Gasteiger partial charge in [-0.05, 0) is 11.1 Å². The number of piperidine rings is 1. The Morgan fingerprint density at radius 2 is 1.52 bits per heavy atom. The van der Waals surface area contributed by atoms with Crippen molar-refractivity contribution in [2.24, 2.45) is 11.1 Å². The molecule has 2 N–H and O–H groups in total. The maximum Gasteiger partial charge on any atom is 0.0636 e. The Labute approximate surface area is 125 Å². The molecule has 1 saturated heterocycles. The summed E-state index contributed by atoms with van der Waals surface area (Å²) in [5.74, 6) is 0.178. The summed E-state index contributed by atoms with van der Waals surface area (Å²) in [6.45, 7) is 2.11. The van der Waals surface area contributed by atoms with Gasteiger partial charge in [0.15, 0.2) is 0 Å². The van der Waals surface area contributed by atoms with Gasteiger partial charge in [0.05, 0.1) is 5.71 Å². The van der Waals surface area contributed by atoms with Crippen LogP contribution in [0.2, 0.25) is 0 Å². The topological polar surface area (TPSA) is 44.6 Å². The summed E-state index contributed by atoms with van der Waals surface area (Å²) in [5.41, 5.74) is 3.31. The summed E-state index contributed by atoms with van der Waals surface area (Å²) < 4.78 is 0. The first-order valence-corrected chi connectivity index (χ1v) is 7.36. The highest BCUT2D eigenvalue weighted by Gasteiger charge is 2.33. The average molecular weight is 280 g/mol. The van der Waals surface area contributed by atoms with Gasteiger partial charge in [-0.15, -0.1) is 0 Å². The molecule has 3 nitrogen and oxygen atoms in total. The number of oxime groups is 1. The summed E-state index contributed by atoms with van der Waals surface area (Å²) in [4.78, 5) is 0. The Hall–Kier alpha value is -2.13. The van der Waals surface area contributed by atoms with Gasteiger partial charge in [0.2, 0.25) is 0 Å². The van der Waals surface area contributed by atoms with Crippen molar-refractivity contribution in [3.63, 3.8) is 0 Å². The highest BCUT2D eigenvalue weighted by molar-refractivity contribution is 5.88. The molecule has 0 spiro atoms. The highest BCUT2D eigenvalue weighted by Crippen LogP contribution is 2.35. The zero-order valence-electron chi connectivity index (χ0n) is 12.1. The van der Waals surface area contributed by atoms with E-state index in [1.165, 1.54) is 11.1 Å². The Kier molecular flexibility index (Phi) is 4.02. The van der Waals surface area contributed by atoms with Crippen LogP contribution in [0.1, 0.15) is 36.6 Å². The molecule has 2 aromatic rings. The third-order valence-electron chi connectivity index (χ3n) is 4.31. The van der Waals surface area contributed by atoms with Crippen molar-refractivity contribution in [2.75, 3.05) is 0 Å². The van der Waals surface area contributed by atoms with Gasteiger partial charge in [-0.25, -0.2) is 0 Å². The Balaban J connectivity index is 1.93. The van der Waals surface area contributed by atoms with E-state index in [2.05, 4.69) is 41.7 Å². The van der Waals surface area contributed by atoms with Crippen molar-refractivity contribution in [3.8, 4) is 0 Å². The second-order valence-electron chi connectivity index (χ2n) is 5.60. The lowest BCUT2D eigenvalue weighted by Crippen LogP contribution is -2.41. The van der Waals surface area contributed by atoms with Gasteiger partial charge in [0, 0.05) is 24.4 Å². The maximum absolute atomic E-state index is 9.35. The van der Waals surface area contributed by atoms with Crippen molar-refractivity contribution in [2.45, 2.75) is 25.4 Å². The van der Waals surface area contributed by atoms with Crippen LogP contribution >= 0.6 is 0 Å². The number of nitrogens with zero attached hydrogens (tertiary/aromatic N) is 1. The first kappa shape index (κ1) is 13.8. The number of rotatable bonds is 2. The van der Waals surface area contributed by atoms with E-state index in [1.54, 1.807) is 0 Å². The molecule has 0 amide bonds. The molecular weight excluding hydrogens is 260 g/mol. The average Bonchev–Trinajstić information content (AvgIpc) is 2.56. The van der Waals surface area contributed by atoms with Crippen LogP contribution in [0.3, 0.4) is 0 Å². The minimum absolute atomic E-state index is 0.163. The lowest BCUT2D eigenvalue weighted by molar-refractivity contribution is 0.294. The summed E-state index contributed by atoms with van der Waals surface area (Å²) in [6, 6.07) is 21.0. The predicted octanol–water partition coefficient (Wildman–Crippen LogP) is 3.93. The number of benzene rings is 2. The molecule has 2 aromatic carbocycles. The second-order valence-corrected chi connectivity index (χ2v) is 5.60. The van der Waals surface area contributed by atoms with E-state index in [9.17, 15) is 5.21 Å². The summed E-state index contributed by atoms with van der Waals surface area (Å²) in [6.07, 6.45) is 0.741. The number of nitrogens with one attached hydrogen (secondary N) is 1. The second kappa shape index (κ2) is 6.10. The first-order valence-electron chi connectivity index (χ1n) is 7.36. The van der Waals surface area contributed by atoms with Crippen molar-refractivity contribution < 1.29 is 5.21 Å². The van der Waals surface area contributed by atoms with Crippen LogP contribution in [0.5, 0.6) is 0 Å². The quantitative estimate of drug-likeness (QED) is 0.646. The van der Waals surface area contributed by atoms with Crippen LogP contribution in [0.15, 0.2) is 65.8 Å².